The van der Waals surface area contributed by atoms with Gasteiger partial charge in [0.15, 0.2) is 11.6 Å². The van der Waals surface area contributed by atoms with Crippen molar-refractivity contribution in [2.24, 2.45) is 0 Å². The number of piperidine rings is 1. The lowest BCUT2D eigenvalue weighted by molar-refractivity contribution is 0.0981. The first kappa shape index (κ1) is 33.5. The van der Waals surface area contributed by atoms with Crippen LogP contribution in [0.4, 0.5) is 39.0 Å². The summed E-state index contributed by atoms with van der Waals surface area (Å²) in [5, 5.41) is 6.10. The number of aromatic nitrogens is 5. The number of fused-ring (bicyclic) bond motifs is 1. The number of ether oxygens (including phenoxy) is 1. The van der Waals surface area contributed by atoms with E-state index in [0.29, 0.717) is 28.6 Å². The molecule has 3 aromatic heterocycles. The zero-order valence-corrected chi connectivity index (χ0v) is 28.8. The number of pyridine rings is 1. The average molecular weight is 680 g/mol. The molecule has 2 aliphatic heterocycles. The number of aryl methyl sites for hydroxylation is 1. The second-order valence-electron chi connectivity index (χ2n) is 12.2. The van der Waals surface area contributed by atoms with Gasteiger partial charge in [0, 0.05) is 64.8 Å². The van der Waals surface area contributed by atoms with Crippen LogP contribution in [-0.4, -0.2) is 116 Å². The van der Waals surface area contributed by atoms with E-state index in [0.717, 1.165) is 86.7 Å². The maximum Gasteiger partial charge on any atom is 0.239 e. The highest BCUT2D eigenvalue weighted by atomic mass is 32.2. The lowest BCUT2D eigenvalue weighted by Gasteiger charge is -2.42. The van der Waals surface area contributed by atoms with Gasteiger partial charge in [-0.1, -0.05) is 6.92 Å². The highest BCUT2D eigenvalue weighted by Crippen LogP contribution is 2.37. The molecule has 2 aliphatic rings. The van der Waals surface area contributed by atoms with Crippen molar-refractivity contribution in [3.05, 3.63) is 48.2 Å². The van der Waals surface area contributed by atoms with Gasteiger partial charge >= 0.3 is 0 Å². The van der Waals surface area contributed by atoms with Crippen molar-refractivity contribution in [2.45, 2.75) is 32.2 Å². The van der Waals surface area contributed by atoms with E-state index in [4.69, 9.17) is 9.72 Å². The topological polar surface area (TPSA) is 145 Å². The molecule has 5 heterocycles. The maximum atomic E-state index is 15.1. The third-order valence-electron chi connectivity index (χ3n) is 9.11. The number of halogens is 1. The molecule has 2 saturated heterocycles. The Morgan fingerprint density at radius 2 is 1.73 bits per heavy atom. The molecule has 6 rings (SSSR count). The minimum atomic E-state index is -3.70. The van der Waals surface area contributed by atoms with Crippen molar-refractivity contribution in [1.82, 2.24) is 34.7 Å². The minimum absolute atomic E-state index is 0.0976. The number of benzene rings is 1. The van der Waals surface area contributed by atoms with Gasteiger partial charge in [0.1, 0.15) is 22.7 Å². The van der Waals surface area contributed by atoms with Gasteiger partial charge in [-0.3, -0.25) is 19.2 Å². The van der Waals surface area contributed by atoms with Crippen molar-refractivity contribution in [2.75, 3.05) is 86.6 Å². The molecule has 0 amide bonds. The van der Waals surface area contributed by atoms with Gasteiger partial charge in [-0.25, -0.2) is 17.8 Å². The molecule has 256 valence electrons. The second kappa shape index (κ2) is 14.0. The summed E-state index contributed by atoms with van der Waals surface area (Å²) < 4.78 is 47.0. The van der Waals surface area contributed by atoms with Crippen LogP contribution in [0.15, 0.2) is 36.8 Å². The number of hydrogen-bond acceptors (Lipinski definition) is 13. The first-order valence-corrected chi connectivity index (χ1v) is 17.9. The molecule has 0 saturated carbocycles. The van der Waals surface area contributed by atoms with Gasteiger partial charge in [-0.15, -0.1) is 0 Å². The zero-order chi connectivity index (χ0) is 34.0. The van der Waals surface area contributed by atoms with Crippen molar-refractivity contribution < 1.29 is 17.5 Å². The fourth-order valence-electron chi connectivity index (χ4n) is 6.31. The third kappa shape index (κ3) is 7.05. The Hall–Kier alpha value is -4.41. The van der Waals surface area contributed by atoms with Crippen molar-refractivity contribution >= 4 is 55.7 Å². The molecular formula is C32H42FN11O3S. The molecule has 16 heteroatoms. The molecule has 0 spiro atoms. The predicted octanol–water partition coefficient (Wildman–Crippen LogP) is 3.62. The SMILES string of the molecule is CCc1cc(Nc2ncc(F)c(Nc3ccc4nccnc4c3N(C)S(C)(=O)=O)n2)c(OC)nc1N1CCC(N2CCN(C)CC2)CC1. The number of nitrogens with zero attached hydrogens (tertiary/aromatic N) is 9. The van der Waals surface area contributed by atoms with E-state index in [1.807, 2.05) is 6.07 Å². The van der Waals surface area contributed by atoms with Crippen LogP contribution in [0.2, 0.25) is 0 Å². The Bertz CT molecular complexity index is 1880. The fourth-order valence-corrected chi connectivity index (χ4v) is 6.82. The van der Waals surface area contributed by atoms with Crippen molar-refractivity contribution in [1.29, 1.82) is 0 Å². The van der Waals surface area contributed by atoms with E-state index in [1.54, 1.807) is 19.2 Å². The Labute approximate surface area is 280 Å². The lowest BCUT2D eigenvalue weighted by Crippen LogP contribution is -2.52. The van der Waals surface area contributed by atoms with E-state index in [2.05, 4.69) is 59.2 Å². The smallest absolute Gasteiger partial charge is 0.239 e. The summed E-state index contributed by atoms with van der Waals surface area (Å²) in [7, 11) is 1.44. The minimum Gasteiger partial charge on any atom is -0.479 e. The first-order valence-electron chi connectivity index (χ1n) is 16.0. The second-order valence-corrected chi connectivity index (χ2v) is 14.2. The quantitative estimate of drug-likeness (QED) is 0.252. The van der Waals surface area contributed by atoms with E-state index in [1.165, 1.54) is 19.4 Å². The summed E-state index contributed by atoms with van der Waals surface area (Å²) in [5.74, 6) is 0.473. The highest BCUT2D eigenvalue weighted by molar-refractivity contribution is 7.92. The Kier molecular flexibility index (Phi) is 9.75. The van der Waals surface area contributed by atoms with Crippen LogP contribution in [0.25, 0.3) is 11.0 Å². The summed E-state index contributed by atoms with van der Waals surface area (Å²) in [4.78, 5) is 29.4. The first-order chi connectivity index (χ1) is 23.0. The monoisotopic (exact) mass is 679 g/mol. The molecule has 2 fully saturated rings. The summed E-state index contributed by atoms with van der Waals surface area (Å²) in [6, 6.07) is 5.85. The van der Waals surface area contributed by atoms with Gasteiger partial charge in [0.05, 0.1) is 30.8 Å². The van der Waals surface area contributed by atoms with Crippen molar-refractivity contribution in [3.63, 3.8) is 0 Å². The van der Waals surface area contributed by atoms with Crippen LogP contribution in [0.3, 0.4) is 0 Å². The van der Waals surface area contributed by atoms with E-state index >= 15 is 4.39 Å². The summed E-state index contributed by atoms with van der Waals surface area (Å²) in [6.07, 6.45) is 8.01. The van der Waals surface area contributed by atoms with Crippen LogP contribution >= 0.6 is 0 Å². The van der Waals surface area contributed by atoms with Crippen LogP contribution in [-0.2, 0) is 16.4 Å². The van der Waals surface area contributed by atoms with Crippen molar-refractivity contribution in [3.8, 4) is 5.88 Å². The van der Waals surface area contributed by atoms with Crippen LogP contribution < -0.4 is 24.6 Å². The molecule has 0 unspecified atom stereocenters. The van der Waals surface area contributed by atoms with Gasteiger partial charge < -0.3 is 25.2 Å². The van der Waals surface area contributed by atoms with Gasteiger partial charge in [-0.05, 0) is 50.1 Å². The number of piperazine rings is 1. The average Bonchev–Trinajstić information content (AvgIpc) is 3.09. The molecule has 0 bridgehead atoms. The lowest BCUT2D eigenvalue weighted by atomic mass is 10.0. The summed E-state index contributed by atoms with van der Waals surface area (Å²) in [5.41, 5.74) is 2.87. The van der Waals surface area contributed by atoms with Crippen LogP contribution in [0, 0.1) is 5.82 Å². The molecule has 0 atom stereocenters. The number of likely N-dealkylation sites (N-methyl/N-ethyl adjacent to an activating group) is 1. The van der Waals surface area contributed by atoms with E-state index < -0.39 is 15.8 Å². The van der Waals surface area contributed by atoms with Gasteiger partial charge in [0.2, 0.25) is 21.9 Å². The molecule has 48 heavy (non-hydrogen) atoms. The van der Waals surface area contributed by atoms with Gasteiger partial charge in [-0.2, -0.15) is 9.97 Å². The largest absolute Gasteiger partial charge is 0.479 e. The number of sulfonamides is 1. The number of hydrogen-bond donors (Lipinski definition) is 2. The maximum absolute atomic E-state index is 15.1. The number of methoxy groups -OCH3 is 1. The highest BCUT2D eigenvalue weighted by Gasteiger charge is 2.29. The molecule has 1 aromatic carbocycles. The van der Waals surface area contributed by atoms with E-state index in [9.17, 15) is 8.42 Å². The Balaban J connectivity index is 1.24. The summed E-state index contributed by atoms with van der Waals surface area (Å²) >= 11 is 0. The number of nitrogens with one attached hydrogen (secondary N) is 2. The third-order valence-corrected chi connectivity index (χ3v) is 10.3. The Morgan fingerprint density at radius 3 is 2.42 bits per heavy atom. The van der Waals surface area contributed by atoms with Crippen LogP contribution in [0.1, 0.15) is 25.3 Å². The van der Waals surface area contributed by atoms with E-state index in [-0.39, 0.29) is 23.1 Å². The van der Waals surface area contributed by atoms with Crippen LogP contribution in [0.5, 0.6) is 5.88 Å². The summed E-state index contributed by atoms with van der Waals surface area (Å²) in [6.45, 7) is 8.38. The molecular weight excluding hydrogens is 637 g/mol. The molecule has 4 aromatic rings. The zero-order valence-electron chi connectivity index (χ0n) is 27.9. The fraction of sp³-hybridized carbons (Fsp3) is 0.469. The number of anilines is 6. The molecule has 2 N–H and O–H groups in total. The van der Waals surface area contributed by atoms with Gasteiger partial charge in [0.25, 0.3) is 0 Å². The Morgan fingerprint density at radius 1 is 1.00 bits per heavy atom. The predicted molar refractivity (Wildman–Crippen MR) is 186 cm³/mol. The number of rotatable bonds is 10. The molecule has 0 radical (unpaired) electrons. The molecule has 0 aliphatic carbocycles. The normalized spacial score (nSPS) is 16.7. The standard InChI is InChI=1S/C32H42FN11O3S/c1-6-21-19-26(31(47-4)40-30(21)44-13-9-22(10-14-44)43-17-15-41(2)16-18-43)38-32-36-20-23(33)29(39-32)37-25-8-7-24-27(35-12-11-34-24)28(25)42(3)48(5,45)46/h7-8,11-12,19-20,22H,6,9-10,13-18H2,1-5H3,(H2,36,37,38,39). The molecule has 14 nitrogen and oxygen atoms in total.